The molecule has 0 aliphatic carbocycles. The lowest BCUT2D eigenvalue weighted by Gasteiger charge is -2.06. The van der Waals surface area contributed by atoms with Gasteiger partial charge in [0, 0.05) is 6.61 Å². The van der Waals surface area contributed by atoms with Gasteiger partial charge in [0.2, 0.25) is 0 Å². The van der Waals surface area contributed by atoms with E-state index in [1.54, 1.807) is 6.08 Å². The molecule has 1 heterocycles. The highest BCUT2D eigenvalue weighted by Crippen LogP contribution is 2.29. The van der Waals surface area contributed by atoms with Crippen LogP contribution in [0, 0.1) is 0 Å². The molecule has 1 aliphatic rings. The topological polar surface area (TPSA) is 9.23 Å². The lowest BCUT2D eigenvalue weighted by molar-refractivity contribution is -0.137. The number of hydrogen-bond acceptors (Lipinski definition) is 1. The van der Waals surface area contributed by atoms with E-state index in [0.29, 0.717) is 0 Å². The molecule has 0 radical (unpaired) electrons. The lowest BCUT2D eigenvalue weighted by Crippen LogP contribution is -2.04. The third kappa shape index (κ3) is 3.33. The van der Waals surface area contributed by atoms with Crippen LogP contribution in [0.2, 0.25) is 0 Å². The summed E-state index contributed by atoms with van der Waals surface area (Å²) in [6, 6.07) is 5.12. The fraction of sp³-hybridized carbons (Fsp3) is 0.385. The van der Waals surface area contributed by atoms with Gasteiger partial charge in [-0.1, -0.05) is 24.3 Å². The van der Waals surface area contributed by atoms with Gasteiger partial charge in [0.25, 0.3) is 0 Å². The average Bonchev–Trinajstić information content (AvgIpc) is 2.78. The fourth-order valence-corrected chi connectivity index (χ4v) is 1.76. The van der Waals surface area contributed by atoms with Gasteiger partial charge in [0.1, 0.15) is 0 Å². The molecule has 1 aromatic carbocycles. The Bertz CT molecular complexity index is 386. The van der Waals surface area contributed by atoms with Crippen LogP contribution < -0.4 is 0 Å². The first-order valence-electron chi connectivity index (χ1n) is 5.53. The third-order valence-electron chi connectivity index (χ3n) is 2.71. The Morgan fingerprint density at radius 3 is 2.41 bits per heavy atom. The summed E-state index contributed by atoms with van der Waals surface area (Å²) in [7, 11) is 0. The van der Waals surface area contributed by atoms with E-state index in [0.717, 1.165) is 37.1 Å². The van der Waals surface area contributed by atoms with Crippen molar-refractivity contribution in [1.82, 2.24) is 0 Å². The quantitative estimate of drug-likeness (QED) is 0.764. The molecule has 0 N–H and O–H groups in total. The minimum Gasteiger partial charge on any atom is -0.374 e. The Balaban J connectivity index is 2.02. The molecular weight excluding hydrogens is 229 g/mol. The molecular formula is C13H13F3O. The van der Waals surface area contributed by atoms with E-state index in [4.69, 9.17) is 4.74 Å². The van der Waals surface area contributed by atoms with Crippen molar-refractivity contribution in [2.75, 3.05) is 6.61 Å². The van der Waals surface area contributed by atoms with Crippen molar-refractivity contribution in [1.29, 1.82) is 0 Å². The number of benzene rings is 1. The highest BCUT2D eigenvalue weighted by molar-refractivity contribution is 5.50. The molecule has 0 spiro atoms. The van der Waals surface area contributed by atoms with Gasteiger partial charge < -0.3 is 4.74 Å². The van der Waals surface area contributed by atoms with E-state index in [1.165, 1.54) is 12.1 Å². The maximum absolute atomic E-state index is 12.3. The van der Waals surface area contributed by atoms with Crippen molar-refractivity contribution in [3.05, 3.63) is 41.5 Å². The number of rotatable bonds is 2. The fourth-order valence-electron chi connectivity index (χ4n) is 1.76. The molecule has 0 aromatic heterocycles. The van der Waals surface area contributed by atoms with Gasteiger partial charge in [-0.05, 0) is 30.5 Å². The molecule has 17 heavy (non-hydrogen) atoms. The van der Waals surface area contributed by atoms with Gasteiger partial charge in [-0.2, -0.15) is 13.2 Å². The zero-order valence-electron chi connectivity index (χ0n) is 9.20. The molecule has 1 aromatic rings. The second-order valence-electron chi connectivity index (χ2n) is 4.03. The molecule has 0 amide bonds. The van der Waals surface area contributed by atoms with Gasteiger partial charge in [-0.15, -0.1) is 0 Å². The zero-order valence-corrected chi connectivity index (χ0v) is 9.20. The maximum atomic E-state index is 12.3. The first-order chi connectivity index (χ1) is 8.05. The van der Waals surface area contributed by atoms with E-state index < -0.39 is 11.7 Å². The predicted octanol–water partition coefficient (Wildman–Crippen LogP) is 3.90. The van der Waals surface area contributed by atoms with Crippen LogP contribution in [-0.2, 0) is 10.9 Å². The summed E-state index contributed by atoms with van der Waals surface area (Å²) < 4.78 is 42.3. The van der Waals surface area contributed by atoms with Crippen molar-refractivity contribution in [3.63, 3.8) is 0 Å². The number of halogens is 3. The van der Waals surface area contributed by atoms with Crippen LogP contribution in [0.25, 0.3) is 6.08 Å². The highest BCUT2D eigenvalue weighted by atomic mass is 19.4. The van der Waals surface area contributed by atoms with Crippen LogP contribution in [0.15, 0.2) is 30.3 Å². The molecule has 1 unspecified atom stereocenters. The van der Waals surface area contributed by atoms with Crippen LogP contribution in [0.1, 0.15) is 24.0 Å². The first-order valence-corrected chi connectivity index (χ1v) is 5.53. The summed E-state index contributed by atoms with van der Waals surface area (Å²) in [5.41, 5.74) is 0.139. The summed E-state index contributed by atoms with van der Waals surface area (Å²) in [5.74, 6) is 0. The van der Waals surface area contributed by atoms with E-state index >= 15 is 0 Å². The van der Waals surface area contributed by atoms with Crippen molar-refractivity contribution in [2.45, 2.75) is 25.1 Å². The maximum Gasteiger partial charge on any atom is 0.416 e. The number of hydrogen-bond donors (Lipinski definition) is 0. The second kappa shape index (κ2) is 4.92. The van der Waals surface area contributed by atoms with Gasteiger partial charge in [0.15, 0.2) is 0 Å². The predicted molar refractivity (Wildman–Crippen MR) is 59.5 cm³/mol. The molecule has 1 atom stereocenters. The van der Waals surface area contributed by atoms with Crippen LogP contribution in [-0.4, -0.2) is 12.7 Å². The van der Waals surface area contributed by atoms with E-state index in [2.05, 4.69) is 0 Å². The van der Waals surface area contributed by atoms with Gasteiger partial charge in [0.05, 0.1) is 11.7 Å². The number of ether oxygens (including phenoxy) is 1. The van der Waals surface area contributed by atoms with E-state index in [1.807, 2.05) is 6.08 Å². The van der Waals surface area contributed by atoms with Crippen LogP contribution >= 0.6 is 0 Å². The van der Waals surface area contributed by atoms with Crippen LogP contribution in [0.3, 0.4) is 0 Å². The Kier molecular flexibility index (Phi) is 3.52. The first kappa shape index (κ1) is 12.2. The van der Waals surface area contributed by atoms with Gasteiger partial charge >= 0.3 is 6.18 Å². The molecule has 1 saturated heterocycles. The number of alkyl halides is 3. The Morgan fingerprint density at radius 1 is 1.18 bits per heavy atom. The lowest BCUT2D eigenvalue weighted by atomic mass is 10.1. The monoisotopic (exact) mass is 242 g/mol. The van der Waals surface area contributed by atoms with Gasteiger partial charge in [-0.25, -0.2) is 0 Å². The largest absolute Gasteiger partial charge is 0.416 e. The molecule has 2 rings (SSSR count). The molecule has 0 bridgehead atoms. The zero-order chi connectivity index (χ0) is 12.3. The summed E-state index contributed by atoms with van der Waals surface area (Å²) in [4.78, 5) is 0. The minimum absolute atomic E-state index is 0.109. The Hall–Kier alpha value is -1.29. The molecule has 1 aliphatic heterocycles. The Labute approximate surface area is 97.9 Å². The molecule has 0 saturated carbocycles. The van der Waals surface area contributed by atoms with Crippen molar-refractivity contribution < 1.29 is 17.9 Å². The smallest absolute Gasteiger partial charge is 0.374 e. The third-order valence-corrected chi connectivity index (χ3v) is 2.71. The molecule has 1 fully saturated rings. The van der Waals surface area contributed by atoms with Crippen molar-refractivity contribution in [2.24, 2.45) is 0 Å². The SMILES string of the molecule is FC(F)(F)c1ccc(/C=C/C2CCCO2)cc1. The molecule has 92 valence electrons. The van der Waals surface area contributed by atoms with Crippen molar-refractivity contribution >= 4 is 6.08 Å². The second-order valence-corrected chi connectivity index (χ2v) is 4.03. The summed E-state index contributed by atoms with van der Waals surface area (Å²) in [6.07, 6.45) is 1.57. The molecule has 4 heteroatoms. The summed E-state index contributed by atoms with van der Waals surface area (Å²) in [5, 5.41) is 0. The summed E-state index contributed by atoms with van der Waals surface area (Å²) >= 11 is 0. The molecule has 1 nitrogen and oxygen atoms in total. The van der Waals surface area contributed by atoms with Crippen LogP contribution in [0.4, 0.5) is 13.2 Å². The summed E-state index contributed by atoms with van der Waals surface area (Å²) in [6.45, 7) is 0.766. The minimum atomic E-state index is -4.27. The average molecular weight is 242 g/mol. The highest BCUT2D eigenvalue weighted by Gasteiger charge is 2.29. The van der Waals surface area contributed by atoms with Crippen molar-refractivity contribution in [3.8, 4) is 0 Å². The standard InChI is InChI=1S/C13H13F3O/c14-13(15,16)11-6-3-10(4-7-11)5-8-12-2-1-9-17-12/h3-8,12H,1-2,9H2/b8-5+. The van der Waals surface area contributed by atoms with Gasteiger partial charge in [-0.3, -0.25) is 0 Å². The van der Waals surface area contributed by atoms with E-state index in [9.17, 15) is 13.2 Å². The normalized spacial score (nSPS) is 21.2. The van der Waals surface area contributed by atoms with Crippen LogP contribution in [0.5, 0.6) is 0 Å². The Morgan fingerprint density at radius 2 is 1.88 bits per heavy atom. The van der Waals surface area contributed by atoms with E-state index in [-0.39, 0.29) is 6.10 Å².